The normalized spacial score (nSPS) is 22.2. The SMILES string of the molecule is CC1(C)CC(CC(=O)OCCOc2ccccc2)CC(C)(CNC(=O)NCC(=O)O)C1. The Morgan fingerprint density at radius 2 is 1.77 bits per heavy atom. The summed E-state index contributed by atoms with van der Waals surface area (Å²) in [7, 11) is 0. The van der Waals surface area contributed by atoms with Crippen LogP contribution in [0.25, 0.3) is 0 Å². The molecule has 8 nitrogen and oxygen atoms in total. The van der Waals surface area contributed by atoms with Crippen molar-refractivity contribution in [3.63, 3.8) is 0 Å². The van der Waals surface area contributed by atoms with E-state index in [0.29, 0.717) is 19.6 Å². The molecular formula is C23H34N2O6. The monoisotopic (exact) mass is 434 g/mol. The van der Waals surface area contributed by atoms with Gasteiger partial charge >= 0.3 is 18.0 Å². The van der Waals surface area contributed by atoms with E-state index in [-0.39, 0.29) is 29.3 Å². The van der Waals surface area contributed by atoms with E-state index in [9.17, 15) is 14.4 Å². The van der Waals surface area contributed by atoms with Gasteiger partial charge in [-0.05, 0) is 48.1 Å². The van der Waals surface area contributed by atoms with Crippen molar-refractivity contribution in [2.45, 2.75) is 46.5 Å². The third-order valence-electron chi connectivity index (χ3n) is 5.42. The van der Waals surface area contributed by atoms with Crippen molar-refractivity contribution in [3.8, 4) is 5.75 Å². The van der Waals surface area contributed by atoms with Crippen LogP contribution in [0.2, 0.25) is 0 Å². The lowest BCUT2D eigenvalue weighted by Gasteiger charge is -2.46. The molecule has 1 aromatic carbocycles. The molecule has 0 heterocycles. The molecule has 2 amide bonds. The average Bonchev–Trinajstić information content (AvgIpc) is 2.67. The fourth-order valence-corrected chi connectivity index (χ4v) is 4.77. The lowest BCUT2D eigenvalue weighted by atomic mass is 9.60. The molecule has 2 atom stereocenters. The highest BCUT2D eigenvalue weighted by Gasteiger charge is 2.42. The molecule has 31 heavy (non-hydrogen) atoms. The minimum absolute atomic E-state index is 0.0214. The van der Waals surface area contributed by atoms with Gasteiger partial charge in [-0.15, -0.1) is 0 Å². The highest BCUT2D eigenvalue weighted by atomic mass is 16.6. The Labute approximate surface area is 183 Å². The first-order chi connectivity index (χ1) is 14.6. The molecule has 0 spiro atoms. The second-order valence-corrected chi connectivity index (χ2v) is 9.44. The van der Waals surface area contributed by atoms with Crippen LogP contribution in [0.4, 0.5) is 4.79 Å². The number of hydrogen-bond donors (Lipinski definition) is 3. The second-order valence-electron chi connectivity index (χ2n) is 9.44. The fraction of sp³-hybridized carbons (Fsp3) is 0.609. The minimum Gasteiger partial charge on any atom is -0.490 e. The topological polar surface area (TPSA) is 114 Å². The van der Waals surface area contributed by atoms with Crippen LogP contribution in [-0.2, 0) is 14.3 Å². The van der Waals surface area contributed by atoms with Crippen molar-refractivity contribution in [2.75, 3.05) is 26.3 Å². The number of para-hydroxylation sites is 1. The van der Waals surface area contributed by atoms with Gasteiger partial charge in [0.1, 0.15) is 25.5 Å². The molecule has 1 aromatic rings. The van der Waals surface area contributed by atoms with Crippen molar-refractivity contribution < 1.29 is 29.0 Å². The lowest BCUT2D eigenvalue weighted by molar-refractivity contribution is -0.146. The summed E-state index contributed by atoms with van der Waals surface area (Å²) in [4.78, 5) is 34.8. The average molecular weight is 435 g/mol. The Hall–Kier alpha value is -2.77. The first-order valence-corrected chi connectivity index (χ1v) is 10.6. The largest absolute Gasteiger partial charge is 0.490 e. The molecule has 2 unspecified atom stereocenters. The van der Waals surface area contributed by atoms with Crippen LogP contribution < -0.4 is 15.4 Å². The van der Waals surface area contributed by atoms with Crippen LogP contribution in [0.5, 0.6) is 5.75 Å². The minimum atomic E-state index is -1.09. The maximum atomic E-state index is 12.3. The number of carbonyl (C=O) groups excluding carboxylic acids is 2. The number of aliphatic carboxylic acids is 1. The maximum Gasteiger partial charge on any atom is 0.323 e. The molecule has 0 saturated heterocycles. The van der Waals surface area contributed by atoms with E-state index in [1.54, 1.807) is 0 Å². The standard InChI is InChI=1S/C23H34N2O6/c1-22(2)12-17(11-20(28)31-10-9-30-18-7-5-4-6-8-18)13-23(3,15-22)16-25-21(29)24-14-19(26)27/h4-8,17H,9-16H2,1-3H3,(H,26,27)(H2,24,25,29). The molecule has 0 aliphatic heterocycles. The van der Waals surface area contributed by atoms with E-state index in [2.05, 4.69) is 31.4 Å². The molecule has 0 aromatic heterocycles. The van der Waals surface area contributed by atoms with Gasteiger partial charge in [0.05, 0.1) is 0 Å². The van der Waals surface area contributed by atoms with Gasteiger partial charge in [0.2, 0.25) is 0 Å². The first kappa shape index (κ1) is 24.5. The summed E-state index contributed by atoms with van der Waals surface area (Å²) in [6.07, 6.45) is 2.92. The Morgan fingerprint density at radius 1 is 1.06 bits per heavy atom. The number of carboxylic acid groups (broad SMARTS) is 1. The van der Waals surface area contributed by atoms with Crippen molar-refractivity contribution in [1.82, 2.24) is 10.6 Å². The van der Waals surface area contributed by atoms with Crippen LogP contribution in [0, 0.1) is 16.7 Å². The third kappa shape index (κ3) is 9.27. The van der Waals surface area contributed by atoms with Gasteiger partial charge in [0.15, 0.2) is 0 Å². The zero-order chi connectivity index (χ0) is 22.9. The molecular weight excluding hydrogens is 400 g/mol. The number of urea groups is 1. The molecule has 0 bridgehead atoms. The number of esters is 1. The quantitative estimate of drug-likeness (QED) is 0.385. The van der Waals surface area contributed by atoms with Crippen molar-refractivity contribution >= 4 is 18.0 Å². The zero-order valence-electron chi connectivity index (χ0n) is 18.6. The van der Waals surface area contributed by atoms with Gasteiger partial charge in [-0.1, -0.05) is 39.0 Å². The summed E-state index contributed by atoms with van der Waals surface area (Å²) in [6.45, 7) is 6.93. The van der Waals surface area contributed by atoms with Crippen molar-refractivity contribution in [3.05, 3.63) is 30.3 Å². The summed E-state index contributed by atoms with van der Waals surface area (Å²) >= 11 is 0. The molecule has 1 aliphatic carbocycles. The highest BCUT2D eigenvalue weighted by Crippen LogP contribution is 2.49. The van der Waals surface area contributed by atoms with E-state index < -0.39 is 18.5 Å². The third-order valence-corrected chi connectivity index (χ3v) is 5.42. The summed E-state index contributed by atoms with van der Waals surface area (Å²) in [6, 6.07) is 8.87. The Bertz CT molecular complexity index is 752. The van der Waals surface area contributed by atoms with Crippen LogP contribution in [0.3, 0.4) is 0 Å². The Balaban J connectivity index is 1.78. The Kier molecular flexibility index (Phi) is 8.71. The van der Waals surface area contributed by atoms with Crippen LogP contribution in [-0.4, -0.2) is 49.4 Å². The van der Waals surface area contributed by atoms with Gasteiger partial charge in [0, 0.05) is 13.0 Å². The predicted octanol–water partition coefficient (Wildman–Crippen LogP) is 3.22. The smallest absolute Gasteiger partial charge is 0.323 e. The van der Waals surface area contributed by atoms with E-state index in [1.807, 2.05) is 30.3 Å². The molecule has 1 saturated carbocycles. The second kappa shape index (κ2) is 11.0. The number of amides is 2. The van der Waals surface area contributed by atoms with Gasteiger partial charge in [-0.2, -0.15) is 0 Å². The van der Waals surface area contributed by atoms with Crippen molar-refractivity contribution in [2.24, 2.45) is 16.7 Å². The molecule has 8 heteroatoms. The number of carbonyl (C=O) groups is 3. The molecule has 1 aliphatic rings. The predicted molar refractivity (Wildman–Crippen MR) is 116 cm³/mol. The molecule has 172 valence electrons. The van der Waals surface area contributed by atoms with Gasteiger partial charge in [-0.25, -0.2) is 4.79 Å². The lowest BCUT2D eigenvalue weighted by Crippen LogP contribution is -2.47. The van der Waals surface area contributed by atoms with E-state index in [4.69, 9.17) is 14.6 Å². The van der Waals surface area contributed by atoms with E-state index >= 15 is 0 Å². The Morgan fingerprint density at radius 3 is 2.45 bits per heavy atom. The summed E-state index contributed by atoms with van der Waals surface area (Å²) in [5, 5.41) is 13.7. The van der Waals surface area contributed by atoms with Crippen LogP contribution >= 0.6 is 0 Å². The van der Waals surface area contributed by atoms with Gasteiger partial charge in [-0.3, -0.25) is 9.59 Å². The summed E-state index contributed by atoms with van der Waals surface area (Å²) in [5.41, 5.74) is -0.169. The fourth-order valence-electron chi connectivity index (χ4n) is 4.77. The maximum absolute atomic E-state index is 12.3. The molecule has 0 radical (unpaired) electrons. The number of benzene rings is 1. The summed E-state index contributed by atoms with van der Waals surface area (Å²) < 4.78 is 10.9. The zero-order valence-corrected chi connectivity index (χ0v) is 18.6. The number of carboxylic acids is 1. The number of rotatable bonds is 10. The molecule has 3 N–H and O–H groups in total. The number of ether oxygens (including phenoxy) is 2. The number of hydrogen-bond acceptors (Lipinski definition) is 5. The van der Waals surface area contributed by atoms with E-state index in [0.717, 1.165) is 25.0 Å². The van der Waals surface area contributed by atoms with Crippen LogP contribution in [0.1, 0.15) is 46.5 Å². The highest BCUT2D eigenvalue weighted by molar-refractivity contribution is 5.79. The molecule has 1 fully saturated rings. The number of nitrogens with one attached hydrogen (secondary N) is 2. The summed E-state index contributed by atoms with van der Waals surface area (Å²) in [5.74, 6) is -0.440. The first-order valence-electron chi connectivity index (χ1n) is 10.6. The van der Waals surface area contributed by atoms with E-state index in [1.165, 1.54) is 0 Å². The van der Waals surface area contributed by atoms with Crippen molar-refractivity contribution in [1.29, 1.82) is 0 Å². The van der Waals surface area contributed by atoms with Gasteiger partial charge < -0.3 is 25.2 Å². The van der Waals surface area contributed by atoms with Crippen LogP contribution in [0.15, 0.2) is 30.3 Å². The van der Waals surface area contributed by atoms with Gasteiger partial charge in [0.25, 0.3) is 0 Å². The molecule has 2 rings (SSSR count).